The summed E-state index contributed by atoms with van der Waals surface area (Å²) in [5.41, 5.74) is 0. The van der Waals surface area contributed by atoms with Crippen molar-refractivity contribution in [2.75, 3.05) is 31.2 Å². The van der Waals surface area contributed by atoms with Gasteiger partial charge in [-0.15, -0.1) is 0 Å². The summed E-state index contributed by atoms with van der Waals surface area (Å²) in [6.45, 7) is 5.12. The van der Waals surface area contributed by atoms with Crippen molar-refractivity contribution in [3.05, 3.63) is 0 Å². The predicted molar refractivity (Wildman–Crippen MR) is 67.7 cm³/mol. The molecule has 0 aliphatic carbocycles. The van der Waals surface area contributed by atoms with E-state index in [0.29, 0.717) is 39.0 Å². The Morgan fingerprint density at radius 3 is 2.47 bits per heavy atom. The molecule has 0 fully saturated rings. The van der Waals surface area contributed by atoms with Crippen molar-refractivity contribution < 1.29 is 17.9 Å². The van der Waals surface area contributed by atoms with Gasteiger partial charge in [-0.1, -0.05) is 6.92 Å². The lowest BCUT2D eigenvalue weighted by atomic mass is 10.3. The van der Waals surface area contributed by atoms with Gasteiger partial charge in [0.15, 0.2) is 9.84 Å². The van der Waals surface area contributed by atoms with Gasteiger partial charge in [0.25, 0.3) is 0 Å². The van der Waals surface area contributed by atoms with Crippen LogP contribution in [0.4, 0.5) is 0 Å². The second kappa shape index (κ2) is 9.41. The number of carbonyl (C=O) groups is 1. The van der Waals surface area contributed by atoms with E-state index in [4.69, 9.17) is 4.74 Å². The molecule has 0 rings (SSSR count). The fourth-order valence-electron chi connectivity index (χ4n) is 1.36. The highest BCUT2D eigenvalue weighted by Gasteiger charge is 2.08. The van der Waals surface area contributed by atoms with Crippen LogP contribution in [0.25, 0.3) is 0 Å². The number of sulfone groups is 1. The van der Waals surface area contributed by atoms with Crippen LogP contribution in [0.2, 0.25) is 0 Å². The molecular formula is C11H23NO4S. The molecule has 0 heterocycles. The van der Waals surface area contributed by atoms with Crippen molar-refractivity contribution in [3.63, 3.8) is 0 Å². The molecule has 102 valence electrons. The van der Waals surface area contributed by atoms with Gasteiger partial charge in [-0.2, -0.15) is 0 Å². The molecule has 0 aromatic rings. The zero-order chi connectivity index (χ0) is 13.1. The van der Waals surface area contributed by atoms with Gasteiger partial charge in [-0.05, 0) is 26.3 Å². The Labute approximate surface area is 104 Å². The molecule has 0 radical (unpaired) electrons. The van der Waals surface area contributed by atoms with Crippen molar-refractivity contribution in [2.45, 2.75) is 33.1 Å². The Bertz CT molecular complexity index is 301. The second-order valence-corrected chi connectivity index (χ2v) is 6.11. The first kappa shape index (κ1) is 16.4. The van der Waals surface area contributed by atoms with E-state index in [1.807, 2.05) is 6.92 Å². The largest absolute Gasteiger partial charge is 0.466 e. The monoisotopic (exact) mass is 265 g/mol. The highest BCUT2D eigenvalue weighted by atomic mass is 32.2. The van der Waals surface area contributed by atoms with E-state index < -0.39 is 9.84 Å². The summed E-state index contributed by atoms with van der Waals surface area (Å²) >= 11 is 0. The quantitative estimate of drug-likeness (QED) is 0.466. The number of hydrogen-bond acceptors (Lipinski definition) is 5. The minimum absolute atomic E-state index is 0.167. The van der Waals surface area contributed by atoms with E-state index in [1.54, 1.807) is 6.92 Å². The SMILES string of the molecule is CCCS(=O)(=O)CCNCCCC(=O)OCC. The van der Waals surface area contributed by atoms with Gasteiger partial charge in [-0.3, -0.25) is 4.79 Å². The van der Waals surface area contributed by atoms with Gasteiger partial charge in [0.2, 0.25) is 0 Å². The molecule has 0 bridgehead atoms. The van der Waals surface area contributed by atoms with Crippen LogP contribution >= 0.6 is 0 Å². The minimum atomic E-state index is -2.90. The van der Waals surface area contributed by atoms with Gasteiger partial charge in [0.05, 0.1) is 12.4 Å². The molecule has 1 N–H and O–H groups in total. The molecule has 0 amide bonds. The zero-order valence-corrected chi connectivity index (χ0v) is 11.5. The van der Waals surface area contributed by atoms with Crippen LogP contribution in [0.1, 0.15) is 33.1 Å². The minimum Gasteiger partial charge on any atom is -0.466 e. The van der Waals surface area contributed by atoms with Crippen LogP contribution < -0.4 is 5.32 Å². The van der Waals surface area contributed by atoms with Crippen LogP contribution in [0.5, 0.6) is 0 Å². The summed E-state index contributed by atoms with van der Waals surface area (Å²) in [5, 5.41) is 3.01. The Kier molecular flexibility index (Phi) is 9.07. The molecule has 0 aliphatic heterocycles. The number of rotatable bonds is 10. The Morgan fingerprint density at radius 2 is 1.88 bits per heavy atom. The van der Waals surface area contributed by atoms with Crippen LogP contribution in [-0.4, -0.2) is 45.6 Å². The van der Waals surface area contributed by atoms with Gasteiger partial charge in [-0.25, -0.2) is 8.42 Å². The number of carbonyl (C=O) groups excluding carboxylic acids is 1. The molecule has 0 unspecified atom stereocenters. The van der Waals surface area contributed by atoms with E-state index >= 15 is 0 Å². The standard InChI is InChI=1S/C11H23NO4S/c1-3-9-17(14,15)10-8-12-7-5-6-11(13)16-4-2/h12H,3-10H2,1-2H3. The molecular weight excluding hydrogens is 242 g/mol. The lowest BCUT2D eigenvalue weighted by molar-refractivity contribution is -0.143. The number of ether oxygens (including phenoxy) is 1. The summed E-state index contributed by atoms with van der Waals surface area (Å²) in [6, 6.07) is 0. The summed E-state index contributed by atoms with van der Waals surface area (Å²) in [5.74, 6) is 0.213. The van der Waals surface area contributed by atoms with E-state index in [2.05, 4.69) is 5.32 Å². The first-order valence-electron chi connectivity index (χ1n) is 6.08. The highest BCUT2D eigenvalue weighted by Crippen LogP contribution is 1.93. The summed E-state index contributed by atoms with van der Waals surface area (Å²) in [4.78, 5) is 11.0. The van der Waals surface area contributed by atoms with Gasteiger partial charge >= 0.3 is 5.97 Å². The van der Waals surface area contributed by atoms with Gasteiger partial charge < -0.3 is 10.1 Å². The molecule has 0 atom stereocenters. The van der Waals surface area contributed by atoms with Crippen molar-refractivity contribution in [1.82, 2.24) is 5.32 Å². The van der Waals surface area contributed by atoms with Crippen molar-refractivity contribution in [2.24, 2.45) is 0 Å². The average Bonchev–Trinajstić information content (AvgIpc) is 2.23. The normalized spacial score (nSPS) is 11.4. The fourth-order valence-corrected chi connectivity index (χ4v) is 2.64. The third-order valence-electron chi connectivity index (χ3n) is 2.14. The topological polar surface area (TPSA) is 72.5 Å². The molecule has 0 aliphatic rings. The average molecular weight is 265 g/mol. The first-order valence-corrected chi connectivity index (χ1v) is 7.90. The lowest BCUT2D eigenvalue weighted by Crippen LogP contribution is -2.25. The van der Waals surface area contributed by atoms with Gasteiger partial charge in [0, 0.05) is 18.7 Å². The van der Waals surface area contributed by atoms with E-state index in [0.717, 1.165) is 0 Å². The Morgan fingerprint density at radius 1 is 1.18 bits per heavy atom. The predicted octanol–water partition coefficient (Wildman–Crippen LogP) is 0.744. The summed E-state index contributed by atoms with van der Waals surface area (Å²) in [6.07, 6.45) is 1.71. The Hall–Kier alpha value is -0.620. The third kappa shape index (κ3) is 10.3. The molecule has 5 nitrogen and oxygen atoms in total. The lowest BCUT2D eigenvalue weighted by Gasteiger charge is -2.05. The molecule has 0 saturated carbocycles. The maximum Gasteiger partial charge on any atom is 0.305 e. The number of nitrogens with one attached hydrogen (secondary N) is 1. The zero-order valence-electron chi connectivity index (χ0n) is 10.7. The van der Waals surface area contributed by atoms with Crippen LogP contribution in [0.15, 0.2) is 0 Å². The van der Waals surface area contributed by atoms with Crippen LogP contribution in [0.3, 0.4) is 0 Å². The maximum atomic E-state index is 11.3. The van der Waals surface area contributed by atoms with Crippen molar-refractivity contribution in [3.8, 4) is 0 Å². The second-order valence-electron chi connectivity index (χ2n) is 3.81. The molecule has 17 heavy (non-hydrogen) atoms. The molecule has 0 spiro atoms. The number of esters is 1. The number of hydrogen-bond donors (Lipinski definition) is 1. The van der Waals surface area contributed by atoms with E-state index in [1.165, 1.54) is 0 Å². The molecule has 0 aromatic heterocycles. The van der Waals surface area contributed by atoms with Crippen LogP contribution in [-0.2, 0) is 19.4 Å². The van der Waals surface area contributed by atoms with Gasteiger partial charge in [0.1, 0.15) is 0 Å². The summed E-state index contributed by atoms with van der Waals surface area (Å²) in [7, 11) is -2.90. The van der Waals surface area contributed by atoms with Crippen molar-refractivity contribution in [1.29, 1.82) is 0 Å². The van der Waals surface area contributed by atoms with Crippen LogP contribution in [0, 0.1) is 0 Å². The van der Waals surface area contributed by atoms with E-state index in [-0.39, 0.29) is 17.5 Å². The fraction of sp³-hybridized carbons (Fsp3) is 0.909. The summed E-state index contributed by atoms with van der Waals surface area (Å²) < 4.78 is 27.5. The van der Waals surface area contributed by atoms with Crippen molar-refractivity contribution >= 4 is 15.8 Å². The molecule has 6 heteroatoms. The van der Waals surface area contributed by atoms with E-state index in [9.17, 15) is 13.2 Å². The molecule has 0 saturated heterocycles. The smallest absolute Gasteiger partial charge is 0.305 e. The highest BCUT2D eigenvalue weighted by molar-refractivity contribution is 7.91. The Balaban J connectivity index is 3.44. The maximum absolute atomic E-state index is 11.3. The first-order chi connectivity index (χ1) is 8.02. The molecule has 0 aromatic carbocycles. The third-order valence-corrected chi connectivity index (χ3v) is 4.00.